The van der Waals surface area contributed by atoms with Crippen LogP contribution in [0.2, 0.25) is 0 Å². The molecule has 0 amide bonds. The molecule has 4 aromatic carbocycles. The quantitative estimate of drug-likeness (QED) is 0.248. The van der Waals surface area contributed by atoms with E-state index < -0.39 is 0 Å². The Labute approximate surface area is 218 Å². The van der Waals surface area contributed by atoms with Gasteiger partial charge < -0.3 is 29.2 Å². The Morgan fingerprint density at radius 2 is 1.03 bits per heavy atom. The van der Waals surface area contributed by atoms with Crippen molar-refractivity contribution in [1.29, 1.82) is 0 Å². The van der Waals surface area contributed by atoms with E-state index in [4.69, 9.17) is 18.9 Å². The molecular formula is C28H24N2O4S2. The first-order valence-electron chi connectivity index (χ1n) is 11.3. The van der Waals surface area contributed by atoms with Gasteiger partial charge in [-0.05, 0) is 60.7 Å². The van der Waals surface area contributed by atoms with E-state index in [0.717, 1.165) is 71.0 Å². The van der Waals surface area contributed by atoms with Gasteiger partial charge >= 0.3 is 0 Å². The lowest BCUT2D eigenvalue weighted by Gasteiger charge is -2.36. The SMILES string of the molecule is COc1ccc2c(c1)Sc1cc(OC)cc(N3c4ccc(OC)cc4Sc4cc(OC)ccc43)c1N2. The highest BCUT2D eigenvalue weighted by Gasteiger charge is 2.30. The van der Waals surface area contributed by atoms with Crippen molar-refractivity contribution < 1.29 is 18.9 Å². The van der Waals surface area contributed by atoms with Crippen LogP contribution in [0.25, 0.3) is 0 Å². The summed E-state index contributed by atoms with van der Waals surface area (Å²) < 4.78 is 22.3. The third-order valence-electron chi connectivity index (χ3n) is 6.24. The van der Waals surface area contributed by atoms with E-state index >= 15 is 0 Å². The predicted molar refractivity (Wildman–Crippen MR) is 145 cm³/mol. The highest BCUT2D eigenvalue weighted by atomic mass is 32.2. The van der Waals surface area contributed by atoms with Gasteiger partial charge in [0.05, 0.1) is 56.9 Å². The third kappa shape index (κ3) is 3.77. The van der Waals surface area contributed by atoms with Gasteiger partial charge in [-0.25, -0.2) is 0 Å². The summed E-state index contributed by atoms with van der Waals surface area (Å²) in [6.45, 7) is 0. The fraction of sp³-hybridized carbons (Fsp3) is 0.143. The van der Waals surface area contributed by atoms with E-state index in [1.54, 1.807) is 52.0 Å². The maximum Gasteiger partial charge on any atom is 0.122 e. The highest BCUT2D eigenvalue weighted by molar-refractivity contribution is 8.00. The zero-order chi connectivity index (χ0) is 24.8. The highest BCUT2D eigenvalue weighted by Crippen LogP contribution is 2.58. The Morgan fingerprint density at radius 3 is 1.61 bits per heavy atom. The molecule has 0 fully saturated rings. The smallest absolute Gasteiger partial charge is 0.122 e. The number of nitrogens with one attached hydrogen (secondary N) is 1. The summed E-state index contributed by atoms with van der Waals surface area (Å²) in [5.74, 6) is 3.25. The molecule has 2 aliphatic heterocycles. The van der Waals surface area contributed by atoms with Crippen molar-refractivity contribution in [3.05, 3.63) is 66.7 Å². The predicted octanol–water partition coefficient (Wildman–Crippen LogP) is 7.86. The molecule has 182 valence electrons. The molecule has 36 heavy (non-hydrogen) atoms. The van der Waals surface area contributed by atoms with Crippen LogP contribution in [-0.2, 0) is 0 Å². The number of rotatable bonds is 5. The number of benzene rings is 4. The second-order valence-electron chi connectivity index (χ2n) is 8.21. The Kier molecular flexibility index (Phi) is 5.78. The summed E-state index contributed by atoms with van der Waals surface area (Å²) >= 11 is 3.41. The van der Waals surface area contributed by atoms with Crippen LogP contribution in [0.15, 0.2) is 86.3 Å². The van der Waals surface area contributed by atoms with Gasteiger partial charge in [-0.3, -0.25) is 0 Å². The van der Waals surface area contributed by atoms with Crippen molar-refractivity contribution in [3.63, 3.8) is 0 Å². The maximum atomic E-state index is 5.76. The van der Waals surface area contributed by atoms with Crippen LogP contribution in [0.4, 0.5) is 28.4 Å². The van der Waals surface area contributed by atoms with Crippen LogP contribution < -0.4 is 29.2 Å². The third-order valence-corrected chi connectivity index (χ3v) is 8.43. The minimum absolute atomic E-state index is 0.785. The minimum atomic E-state index is 0.785. The first kappa shape index (κ1) is 22.8. The number of hydrogen-bond donors (Lipinski definition) is 1. The Bertz CT molecular complexity index is 1440. The van der Waals surface area contributed by atoms with E-state index in [1.807, 2.05) is 18.2 Å². The molecule has 0 aromatic heterocycles. The Morgan fingerprint density at radius 1 is 0.528 bits per heavy atom. The van der Waals surface area contributed by atoms with E-state index in [9.17, 15) is 0 Å². The molecule has 4 aromatic rings. The molecule has 0 aliphatic carbocycles. The second kappa shape index (κ2) is 9.11. The number of fused-ring (bicyclic) bond motifs is 4. The fourth-order valence-electron chi connectivity index (χ4n) is 4.43. The average Bonchev–Trinajstić information content (AvgIpc) is 2.93. The van der Waals surface area contributed by atoms with Crippen LogP contribution in [0.3, 0.4) is 0 Å². The van der Waals surface area contributed by atoms with Crippen molar-refractivity contribution in [2.24, 2.45) is 0 Å². The van der Waals surface area contributed by atoms with E-state index in [-0.39, 0.29) is 0 Å². The molecule has 0 spiro atoms. The molecule has 0 bridgehead atoms. The Balaban J connectivity index is 1.56. The first-order chi connectivity index (χ1) is 17.6. The van der Waals surface area contributed by atoms with Gasteiger partial charge in [0.15, 0.2) is 0 Å². The lowest BCUT2D eigenvalue weighted by molar-refractivity contribution is 0.413. The van der Waals surface area contributed by atoms with Gasteiger partial charge in [0, 0.05) is 25.6 Å². The molecule has 6 rings (SSSR count). The molecule has 2 heterocycles. The van der Waals surface area contributed by atoms with Crippen molar-refractivity contribution in [1.82, 2.24) is 0 Å². The van der Waals surface area contributed by atoms with Gasteiger partial charge in [-0.1, -0.05) is 23.5 Å². The number of methoxy groups -OCH3 is 4. The van der Waals surface area contributed by atoms with E-state index in [1.165, 1.54) is 0 Å². The summed E-state index contributed by atoms with van der Waals surface area (Å²) in [5, 5.41) is 3.69. The summed E-state index contributed by atoms with van der Waals surface area (Å²) in [7, 11) is 6.77. The van der Waals surface area contributed by atoms with Crippen molar-refractivity contribution in [2.45, 2.75) is 19.6 Å². The lowest BCUT2D eigenvalue weighted by Crippen LogP contribution is -2.17. The van der Waals surface area contributed by atoms with Gasteiger partial charge in [0.2, 0.25) is 0 Å². The van der Waals surface area contributed by atoms with Crippen LogP contribution in [0.1, 0.15) is 0 Å². The van der Waals surface area contributed by atoms with Crippen LogP contribution in [0.5, 0.6) is 23.0 Å². The summed E-state index contributed by atoms with van der Waals surface area (Å²) in [6, 6.07) is 22.6. The molecule has 1 N–H and O–H groups in total. The normalized spacial score (nSPS) is 12.9. The minimum Gasteiger partial charge on any atom is -0.497 e. The number of ether oxygens (including phenoxy) is 4. The van der Waals surface area contributed by atoms with E-state index in [0.29, 0.717) is 0 Å². The molecular weight excluding hydrogens is 492 g/mol. The molecule has 0 unspecified atom stereocenters. The van der Waals surface area contributed by atoms with Crippen molar-refractivity contribution in [2.75, 3.05) is 38.7 Å². The summed E-state index contributed by atoms with van der Waals surface area (Å²) in [5.41, 5.74) is 5.20. The van der Waals surface area contributed by atoms with Gasteiger partial charge in [-0.15, -0.1) is 0 Å². The first-order valence-corrected chi connectivity index (χ1v) is 12.9. The molecule has 0 saturated heterocycles. The molecule has 0 radical (unpaired) electrons. The molecule has 8 heteroatoms. The molecule has 2 aliphatic rings. The van der Waals surface area contributed by atoms with Crippen molar-refractivity contribution >= 4 is 52.0 Å². The molecule has 0 atom stereocenters. The average molecular weight is 517 g/mol. The van der Waals surface area contributed by atoms with Crippen LogP contribution in [0, 0.1) is 0 Å². The molecule has 6 nitrogen and oxygen atoms in total. The monoisotopic (exact) mass is 516 g/mol. The maximum absolute atomic E-state index is 5.76. The second-order valence-corrected chi connectivity index (χ2v) is 10.4. The van der Waals surface area contributed by atoms with Crippen LogP contribution >= 0.6 is 23.5 Å². The van der Waals surface area contributed by atoms with Gasteiger partial charge in [0.25, 0.3) is 0 Å². The van der Waals surface area contributed by atoms with Gasteiger partial charge in [-0.2, -0.15) is 0 Å². The topological polar surface area (TPSA) is 52.2 Å². The fourth-order valence-corrected chi connectivity index (χ4v) is 6.62. The van der Waals surface area contributed by atoms with Gasteiger partial charge in [0.1, 0.15) is 23.0 Å². The van der Waals surface area contributed by atoms with Crippen molar-refractivity contribution in [3.8, 4) is 23.0 Å². The largest absolute Gasteiger partial charge is 0.497 e. The zero-order valence-corrected chi connectivity index (χ0v) is 21.9. The zero-order valence-electron chi connectivity index (χ0n) is 20.2. The lowest BCUT2D eigenvalue weighted by atomic mass is 10.1. The number of nitrogens with zero attached hydrogens (tertiary/aromatic N) is 1. The number of hydrogen-bond acceptors (Lipinski definition) is 8. The molecule has 0 saturated carbocycles. The van der Waals surface area contributed by atoms with E-state index in [2.05, 4.69) is 58.7 Å². The summed E-state index contributed by atoms with van der Waals surface area (Å²) in [6.07, 6.45) is 0. The Hall–Kier alpha value is -3.62. The standard InChI is InChI=1S/C28H24N2O4S2/c1-31-16-5-8-20-24(12-16)35-27-15-19(34-4)11-23(28(27)29-20)30-21-9-6-17(32-2)13-25(21)36-26-14-18(33-3)7-10-22(26)30/h5-15,29H,1-4H3. The summed E-state index contributed by atoms with van der Waals surface area (Å²) in [4.78, 5) is 6.66. The van der Waals surface area contributed by atoms with Crippen LogP contribution in [-0.4, -0.2) is 28.4 Å². The number of anilines is 5.